The van der Waals surface area contributed by atoms with Crippen molar-refractivity contribution in [2.24, 2.45) is 0 Å². The van der Waals surface area contributed by atoms with E-state index in [0.29, 0.717) is 23.6 Å². The molecule has 1 N–H and O–H groups in total. The van der Waals surface area contributed by atoms with Crippen molar-refractivity contribution in [1.82, 2.24) is 5.16 Å². The topological polar surface area (TPSA) is 73.6 Å². The van der Waals surface area contributed by atoms with Gasteiger partial charge in [0.05, 0.1) is 12.2 Å². The maximum absolute atomic E-state index is 12.6. The summed E-state index contributed by atoms with van der Waals surface area (Å²) >= 11 is 0. The number of nitrogens with zero attached hydrogens (tertiary/aromatic N) is 1. The van der Waals surface area contributed by atoms with Crippen LogP contribution in [0.4, 0.5) is 5.69 Å². The van der Waals surface area contributed by atoms with Gasteiger partial charge in [-0.3, -0.25) is 4.79 Å². The fourth-order valence-electron chi connectivity index (χ4n) is 2.60. The van der Waals surface area contributed by atoms with Gasteiger partial charge in [-0.25, -0.2) is 0 Å². The lowest BCUT2D eigenvalue weighted by Gasteiger charge is -2.09. The minimum absolute atomic E-state index is 0.201. The van der Waals surface area contributed by atoms with Gasteiger partial charge in [-0.05, 0) is 56.7 Å². The quantitative estimate of drug-likeness (QED) is 0.665. The lowest BCUT2D eigenvalue weighted by Crippen LogP contribution is -2.15. The lowest BCUT2D eigenvalue weighted by molar-refractivity contribution is 0.101. The van der Waals surface area contributed by atoms with Gasteiger partial charge in [0.1, 0.15) is 23.9 Å². The normalized spacial score (nSPS) is 10.5. The Labute approximate surface area is 158 Å². The van der Waals surface area contributed by atoms with Crippen molar-refractivity contribution in [2.45, 2.75) is 27.4 Å². The standard InChI is InChI=1S/C21H22N2O4/c1-4-25-17-11-9-16(10-12-17)22-21(24)20-18(15(3)27-23-20)13-26-19-8-6-5-7-14(19)2/h5-12H,4,13H2,1-3H3,(H,22,24). The molecule has 3 aromatic rings. The Morgan fingerprint density at radius 1 is 1.07 bits per heavy atom. The van der Waals surface area contributed by atoms with E-state index in [1.54, 1.807) is 31.2 Å². The molecular weight excluding hydrogens is 344 g/mol. The smallest absolute Gasteiger partial charge is 0.278 e. The van der Waals surface area contributed by atoms with Crippen LogP contribution in [-0.2, 0) is 6.61 Å². The maximum atomic E-state index is 12.6. The van der Waals surface area contributed by atoms with E-state index in [1.807, 2.05) is 38.1 Å². The van der Waals surface area contributed by atoms with Crippen molar-refractivity contribution < 1.29 is 18.8 Å². The van der Waals surface area contributed by atoms with Crippen molar-refractivity contribution in [2.75, 3.05) is 11.9 Å². The number of amides is 1. The summed E-state index contributed by atoms with van der Waals surface area (Å²) in [5.74, 6) is 1.72. The minimum atomic E-state index is -0.348. The zero-order valence-corrected chi connectivity index (χ0v) is 15.6. The molecule has 0 fully saturated rings. The molecule has 0 atom stereocenters. The third kappa shape index (κ3) is 4.47. The Bertz CT molecular complexity index is 916. The van der Waals surface area contributed by atoms with Crippen molar-refractivity contribution in [3.63, 3.8) is 0 Å². The van der Waals surface area contributed by atoms with Crippen LogP contribution in [-0.4, -0.2) is 17.7 Å². The number of nitrogens with one attached hydrogen (secondary N) is 1. The van der Waals surface area contributed by atoms with Gasteiger partial charge in [0.25, 0.3) is 5.91 Å². The number of carbonyl (C=O) groups excluding carboxylic acids is 1. The molecular formula is C21H22N2O4. The molecule has 0 spiro atoms. The van der Waals surface area contributed by atoms with Crippen molar-refractivity contribution in [3.8, 4) is 11.5 Å². The van der Waals surface area contributed by atoms with Crippen LogP contribution in [0.2, 0.25) is 0 Å². The molecule has 0 saturated carbocycles. The molecule has 1 amide bonds. The van der Waals surface area contributed by atoms with Gasteiger partial charge in [0.15, 0.2) is 5.69 Å². The van der Waals surface area contributed by atoms with Crippen molar-refractivity contribution in [3.05, 3.63) is 71.1 Å². The molecule has 6 heteroatoms. The van der Waals surface area contributed by atoms with E-state index in [0.717, 1.165) is 17.1 Å². The molecule has 0 saturated heterocycles. The van der Waals surface area contributed by atoms with Gasteiger partial charge in [0, 0.05) is 5.69 Å². The number of carbonyl (C=O) groups is 1. The van der Waals surface area contributed by atoms with Crippen LogP contribution < -0.4 is 14.8 Å². The monoisotopic (exact) mass is 366 g/mol. The summed E-state index contributed by atoms with van der Waals surface area (Å²) in [6, 6.07) is 14.9. The number of hydrogen-bond donors (Lipinski definition) is 1. The molecule has 0 aliphatic carbocycles. The fraction of sp³-hybridized carbons (Fsp3) is 0.238. The van der Waals surface area contributed by atoms with Gasteiger partial charge in [0.2, 0.25) is 0 Å². The zero-order valence-electron chi connectivity index (χ0n) is 15.6. The van der Waals surface area contributed by atoms with Gasteiger partial charge >= 0.3 is 0 Å². The minimum Gasteiger partial charge on any atom is -0.494 e. The Hall–Kier alpha value is -3.28. The van der Waals surface area contributed by atoms with E-state index in [1.165, 1.54) is 0 Å². The molecule has 0 aliphatic rings. The second kappa shape index (κ2) is 8.40. The highest BCUT2D eigenvalue weighted by Gasteiger charge is 2.20. The van der Waals surface area contributed by atoms with Crippen LogP contribution in [0, 0.1) is 13.8 Å². The average Bonchev–Trinajstić information content (AvgIpc) is 3.03. The molecule has 0 radical (unpaired) electrons. The van der Waals surface area contributed by atoms with E-state index in [2.05, 4.69) is 10.5 Å². The van der Waals surface area contributed by atoms with Crippen LogP contribution in [0.5, 0.6) is 11.5 Å². The predicted molar refractivity (Wildman–Crippen MR) is 102 cm³/mol. The Morgan fingerprint density at radius 3 is 2.52 bits per heavy atom. The third-order valence-electron chi connectivity index (χ3n) is 4.09. The molecule has 0 unspecified atom stereocenters. The van der Waals surface area contributed by atoms with Crippen molar-refractivity contribution >= 4 is 11.6 Å². The number of aryl methyl sites for hydroxylation is 2. The summed E-state index contributed by atoms with van der Waals surface area (Å²) in [6.07, 6.45) is 0. The summed E-state index contributed by atoms with van der Waals surface area (Å²) in [5.41, 5.74) is 2.51. The summed E-state index contributed by atoms with van der Waals surface area (Å²) in [5, 5.41) is 6.72. The summed E-state index contributed by atoms with van der Waals surface area (Å²) in [4.78, 5) is 12.6. The van der Waals surface area contributed by atoms with Gasteiger partial charge in [-0.15, -0.1) is 0 Å². The van der Waals surface area contributed by atoms with Crippen LogP contribution in [0.1, 0.15) is 34.3 Å². The van der Waals surface area contributed by atoms with Gasteiger partial charge in [-0.2, -0.15) is 0 Å². The molecule has 0 bridgehead atoms. The molecule has 3 rings (SSSR count). The highest BCUT2D eigenvalue weighted by molar-refractivity contribution is 6.03. The lowest BCUT2D eigenvalue weighted by atomic mass is 10.2. The first kappa shape index (κ1) is 18.5. The van der Waals surface area contributed by atoms with E-state index < -0.39 is 0 Å². The van der Waals surface area contributed by atoms with E-state index in [9.17, 15) is 4.79 Å². The van der Waals surface area contributed by atoms with E-state index in [4.69, 9.17) is 14.0 Å². The van der Waals surface area contributed by atoms with Crippen molar-refractivity contribution in [1.29, 1.82) is 0 Å². The van der Waals surface area contributed by atoms with Crippen LogP contribution in [0.15, 0.2) is 53.1 Å². The highest BCUT2D eigenvalue weighted by atomic mass is 16.5. The first-order chi connectivity index (χ1) is 13.1. The number of rotatable bonds is 7. The third-order valence-corrected chi connectivity index (χ3v) is 4.09. The molecule has 0 aliphatic heterocycles. The Balaban J connectivity index is 1.71. The summed E-state index contributed by atoms with van der Waals surface area (Å²) < 4.78 is 16.5. The molecule has 1 aromatic heterocycles. The zero-order chi connectivity index (χ0) is 19.2. The number of ether oxygens (including phenoxy) is 2. The number of para-hydroxylation sites is 1. The number of hydrogen-bond acceptors (Lipinski definition) is 5. The Morgan fingerprint density at radius 2 is 1.81 bits per heavy atom. The second-order valence-electron chi connectivity index (χ2n) is 6.03. The first-order valence-electron chi connectivity index (χ1n) is 8.76. The molecule has 140 valence electrons. The van der Waals surface area contributed by atoms with E-state index in [-0.39, 0.29) is 18.2 Å². The van der Waals surface area contributed by atoms with E-state index >= 15 is 0 Å². The first-order valence-corrected chi connectivity index (χ1v) is 8.76. The summed E-state index contributed by atoms with van der Waals surface area (Å²) in [6.45, 7) is 6.44. The second-order valence-corrected chi connectivity index (χ2v) is 6.03. The molecule has 2 aromatic carbocycles. The molecule has 6 nitrogen and oxygen atoms in total. The number of aromatic nitrogens is 1. The number of benzene rings is 2. The number of anilines is 1. The molecule has 27 heavy (non-hydrogen) atoms. The highest BCUT2D eigenvalue weighted by Crippen LogP contribution is 2.22. The Kier molecular flexibility index (Phi) is 5.76. The van der Waals surface area contributed by atoms with Crippen LogP contribution in [0.3, 0.4) is 0 Å². The molecule has 1 heterocycles. The predicted octanol–water partition coefficient (Wildman–Crippen LogP) is 4.52. The van der Waals surface area contributed by atoms with Gasteiger partial charge < -0.3 is 19.3 Å². The van der Waals surface area contributed by atoms with Crippen LogP contribution in [0.25, 0.3) is 0 Å². The maximum Gasteiger partial charge on any atom is 0.278 e. The SMILES string of the molecule is CCOc1ccc(NC(=O)c2noc(C)c2COc2ccccc2C)cc1. The largest absolute Gasteiger partial charge is 0.494 e. The van der Waals surface area contributed by atoms with Crippen LogP contribution >= 0.6 is 0 Å². The average molecular weight is 366 g/mol. The fourth-order valence-corrected chi connectivity index (χ4v) is 2.60. The summed E-state index contributed by atoms with van der Waals surface area (Å²) in [7, 11) is 0. The van der Waals surface area contributed by atoms with Gasteiger partial charge in [-0.1, -0.05) is 23.4 Å².